The summed E-state index contributed by atoms with van der Waals surface area (Å²) in [6.07, 6.45) is -5.14. The zero-order valence-electron chi connectivity index (χ0n) is 10.0. The van der Waals surface area contributed by atoms with Crippen molar-refractivity contribution in [3.8, 4) is 5.75 Å². The Bertz CT molecular complexity index is 357. The zero-order chi connectivity index (χ0) is 12.9. The molecule has 18 heavy (non-hydrogen) atoms. The lowest BCUT2D eigenvalue weighted by Gasteiger charge is -2.14. The second kappa shape index (κ2) is 7.48. The number of alkyl halides is 3. The van der Waals surface area contributed by atoms with Crippen molar-refractivity contribution in [2.24, 2.45) is 5.73 Å². The van der Waals surface area contributed by atoms with Crippen LogP contribution >= 0.6 is 12.4 Å². The first-order valence-electron chi connectivity index (χ1n) is 5.47. The third kappa shape index (κ3) is 6.12. The molecule has 0 bridgehead atoms. The minimum Gasteiger partial charge on any atom is -0.494 e. The first kappa shape index (κ1) is 17.1. The molecule has 0 spiro atoms. The van der Waals surface area contributed by atoms with Crippen LogP contribution in [0.4, 0.5) is 13.2 Å². The van der Waals surface area contributed by atoms with Crippen LogP contribution in [0, 0.1) is 0 Å². The maximum Gasteiger partial charge on any atom is 0.389 e. The summed E-state index contributed by atoms with van der Waals surface area (Å²) in [7, 11) is 0. The Morgan fingerprint density at radius 2 is 2.00 bits per heavy atom. The number of hydrogen-bond acceptors (Lipinski definition) is 2. The zero-order valence-corrected chi connectivity index (χ0v) is 10.9. The second-order valence-corrected chi connectivity index (χ2v) is 3.77. The normalized spacial score (nSPS) is 12.7. The molecule has 1 aromatic carbocycles. The SMILES string of the molecule is CCOc1cccc([C@H](N)CCC(F)(F)F)c1.Cl. The molecule has 2 N–H and O–H groups in total. The summed E-state index contributed by atoms with van der Waals surface area (Å²) < 4.78 is 41.4. The van der Waals surface area contributed by atoms with Gasteiger partial charge in [-0.1, -0.05) is 12.1 Å². The fourth-order valence-corrected chi connectivity index (χ4v) is 1.49. The molecule has 6 heteroatoms. The predicted molar refractivity (Wildman–Crippen MR) is 67.1 cm³/mol. The molecular weight excluding hydrogens is 267 g/mol. The first-order valence-corrected chi connectivity index (χ1v) is 5.47. The molecule has 0 aliphatic rings. The molecule has 0 fully saturated rings. The van der Waals surface area contributed by atoms with Crippen LogP contribution in [0.5, 0.6) is 5.75 Å². The van der Waals surface area contributed by atoms with E-state index in [0.717, 1.165) is 0 Å². The van der Waals surface area contributed by atoms with Crippen LogP contribution in [0.25, 0.3) is 0 Å². The molecule has 0 amide bonds. The molecule has 1 atom stereocenters. The van der Waals surface area contributed by atoms with Gasteiger partial charge in [-0.05, 0) is 31.0 Å². The highest BCUT2D eigenvalue weighted by Crippen LogP contribution is 2.27. The van der Waals surface area contributed by atoms with Crippen LogP contribution < -0.4 is 10.5 Å². The van der Waals surface area contributed by atoms with Crippen molar-refractivity contribution in [3.05, 3.63) is 29.8 Å². The van der Waals surface area contributed by atoms with Crippen molar-refractivity contribution < 1.29 is 17.9 Å². The van der Waals surface area contributed by atoms with Gasteiger partial charge in [0, 0.05) is 12.5 Å². The topological polar surface area (TPSA) is 35.2 Å². The van der Waals surface area contributed by atoms with Gasteiger partial charge in [0.05, 0.1) is 6.61 Å². The molecule has 0 aromatic heterocycles. The molecular formula is C12H17ClF3NO. The van der Waals surface area contributed by atoms with E-state index in [0.29, 0.717) is 17.9 Å². The van der Waals surface area contributed by atoms with Crippen molar-refractivity contribution in [1.82, 2.24) is 0 Å². The third-order valence-corrected chi connectivity index (χ3v) is 2.34. The smallest absolute Gasteiger partial charge is 0.389 e. The Labute approximate surface area is 111 Å². The van der Waals surface area contributed by atoms with E-state index < -0.39 is 18.6 Å². The van der Waals surface area contributed by atoms with Gasteiger partial charge < -0.3 is 10.5 Å². The molecule has 0 saturated heterocycles. The summed E-state index contributed by atoms with van der Waals surface area (Å²) >= 11 is 0. The van der Waals surface area contributed by atoms with Gasteiger partial charge in [0.2, 0.25) is 0 Å². The van der Waals surface area contributed by atoms with Crippen molar-refractivity contribution in [2.75, 3.05) is 6.61 Å². The quantitative estimate of drug-likeness (QED) is 0.891. The van der Waals surface area contributed by atoms with E-state index in [2.05, 4.69) is 0 Å². The van der Waals surface area contributed by atoms with Gasteiger partial charge in [0.25, 0.3) is 0 Å². The van der Waals surface area contributed by atoms with Gasteiger partial charge in [0.1, 0.15) is 5.75 Å². The van der Waals surface area contributed by atoms with E-state index in [1.807, 2.05) is 6.92 Å². The molecule has 2 nitrogen and oxygen atoms in total. The van der Waals surface area contributed by atoms with Crippen LogP contribution in [0.3, 0.4) is 0 Å². The Kier molecular flexibility index (Phi) is 7.09. The summed E-state index contributed by atoms with van der Waals surface area (Å²) in [6.45, 7) is 2.36. The highest BCUT2D eigenvalue weighted by Gasteiger charge is 2.27. The Morgan fingerprint density at radius 1 is 1.33 bits per heavy atom. The summed E-state index contributed by atoms with van der Waals surface area (Å²) in [5.74, 6) is 0.632. The van der Waals surface area contributed by atoms with E-state index >= 15 is 0 Å². The fourth-order valence-electron chi connectivity index (χ4n) is 1.49. The Morgan fingerprint density at radius 3 is 2.56 bits per heavy atom. The standard InChI is InChI=1S/C12H16F3NO.ClH/c1-2-17-10-5-3-4-9(8-10)11(16)6-7-12(13,14)15;/h3-5,8,11H,2,6-7,16H2,1H3;1H/t11-;/m1./s1. The average molecular weight is 284 g/mol. The number of ether oxygens (including phenoxy) is 1. The second-order valence-electron chi connectivity index (χ2n) is 3.77. The van der Waals surface area contributed by atoms with Gasteiger partial charge in [-0.25, -0.2) is 0 Å². The Balaban J connectivity index is 0.00000289. The largest absolute Gasteiger partial charge is 0.494 e. The number of nitrogens with two attached hydrogens (primary N) is 1. The first-order chi connectivity index (χ1) is 7.92. The molecule has 1 rings (SSSR count). The van der Waals surface area contributed by atoms with Gasteiger partial charge in [-0.15, -0.1) is 12.4 Å². The van der Waals surface area contributed by atoms with E-state index in [1.165, 1.54) is 0 Å². The summed E-state index contributed by atoms with van der Waals surface area (Å²) in [6, 6.07) is 6.27. The van der Waals surface area contributed by atoms with E-state index in [1.54, 1.807) is 24.3 Å². The molecule has 0 heterocycles. The summed E-state index contributed by atoms with van der Waals surface area (Å²) in [5.41, 5.74) is 6.38. The predicted octanol–water partition coefficient (Wildman–Crippen LogP) is 3.85. The van der Waals surface area contributed by atoms with Crippen molar-refractivity contribution in [2.45, 2.75) is 32.0 Å². The minimum atomic E-state index is -4.16. The summed E-state index contributed by atoms with van der Waals surface area (Å²) in [5, 5.41) is 0. The molecule has 0 saturated carbocycles. The van der Waals surface area contributed by atoms with Crippen LogP contribution in [0.1, 0.15) is 31.4 Å². The van der Waals surface area contributed by atoms with Crippen molar-refractivity contribution in [3.63, 3.8) is 0 Å². The monoisotopic (exact) mass is 283 g/mol. The lowest BCUT2D eigenvalue weighted by atomic mass is 10.0. The third-order valence-electron chi connectivity index (χ3n) is 2.34. The van der Waals surface area contributed by atoms with E-state index in [-0.39, 0.29) is 18.8 Å². The van der Waals surface area contributed by atoms with Gasteiger partial charge in [0.15, 0.2) is 0 Å². The number of benzene rings is 1. The van der Waals surface area contributed by atoms with Crippen LogP contribution in [-0.2, 0) is 0 Å². The van der Waals surface area contributed by atoms with Crippen molar-refractivity contribution in [1.29, 1.82) is 0 Å². The highest BCUT2D eigenvalue weighted by atomic mass is 35.5. The number of halogens is 4. The van der Waals surface area contributed by atoms with Gasteiger partial charge >= 0.3 is 6.18 Å². The molecule has 0 radical (unpaired) electrons. The molecule has 0 aliphatic carbocycles. The van der Waals surface area contributed by atoms with Crippen molar-refractivity contribution >= 4 is 12.4 Å². The Hall–Kier alpha value is -0.940. The molecule has 1 aromatic rings. The fraction of sp³-hybridized carbons (Fsp3) is 0.500. The van der Waals surface area contributed by atoms with Gasteiger partial charge in [-0.2, -0.15) is 13.2 Å². The minimum absolute atomic E-state index is 0. The maximum atomic E-state index is 12.1. The van der Waals surface area contributed by atoms with E-state index in [9.17, 15) is 13.2 Å². The maximum absolute atomic E-state index is 12.1. The highest BCUT2D eigenvalue weighted by molar-refractivity contribution is 5.85. The molecule has 0 unspecified atom stereocenters. The van der Waals surface area contributed by atoms with Crippen LogP contribution in [0.2, 0.25) is 0 Å². The van der Waals surface area contributed by atoms with Crippen LogP contribution in [0.15, 0.2) is 24.3 Å². The summed E-state index contributed by atoms with van der Waals surface area (Å²) in [4.78, 5) is 0. The number of rotatable bonds is 5. The molecule has 0 aliphatic heterocycles. The lowest BCUT2D eigenvalue weighted by Crippen LogP contribution is -2.15. The number of hydrogen-bond donors (Lipinski definition) is 1. The average Bonchev–Trinajstić information content (AvgIpc) is 2.26. The van der Waals surface area contributed by atoms with Crippen LogP contribution in [-0.4, -0.2) is 12.8 Å². The van der Waals surface area contributed by atoms with E-state index in [4.69, 9.17) is 10.5 Å². The lowest BCUT2D eigenvalue weighted by molar-refractivity contribution is -0.136. The van der Waals surface area contributed by atoms with Gasteiger partial charge in [-0.3, -0.25) is 0 Å². The molecule has 104 valence electrons.